The Bertz CT molecular complexity index is 605. The van der Waals surface area contributed by atoms with Crippen LogP contribution < -0.4 is 10.3 Å². The number of hydrogen-bond donors (Lipinski definition) is 1. The third-order valence-electron chi connectivity index (χ3n) is 2.48. The van der Waals surface area contributed by atoms with E-state index in [2.05, 4.69) is 15.0 Å². The van der Waals surface area contributed by atoms with Gasteiger partial charge in [0, 0.05) is 11.8 Å². The molecule has 0 aliphatic carbocycles. The predicted molar refractivity (Wildman–Crippen MR) is 64.1 cm³/mol. The Kier molecular flexibility index (Phi) is 2.91. The molecule has 5 heteroatoms. The third-order valence-corrected chi connectivity index (χ3v) is 2.48. The number of nitrogens with zero attached hydrogens (tertiary/aromatic N) is 2. The largest absolute Gasteiger partial charge is 0.494 e. The van der Waals surface area contributed by atoms with Crippen molar-refractivity contribution in [3.63, 3.8) is 0 Å². The standard InChI is InChI=1S/C12H13N3O2/c1-7-10(14-8(2)15-12(7)16)11-9(17-3)5-4-6-13-11/h4-6H,1-3H3,(H,14,15,16). The lowest BCUT2D eigenvalue weighted by atomic mass is 10.1. The number of aryl methyl sites for hydroxylation is 1. The number of H-pyrrole nitrogens is 1. The van der Waals surface area contributed by atoms with Gasteiger partial charge in [0.25, 0.3) is 5.56 Å². The second kappa shape index (κ2) is 4.37. The van der Waals surface area contributed by atoms with Crippen molar-refractivity contribution >= 4 is 0 Å². The highest BCUT2D eigenvalue weighted by Gasteiger charge is 2.13. The van der Waals surface area contributed by atoms with Crippen molar-refractivity contribution < 1.29 is 4.74 Å². The molecule has 88 valence electrons. The number of rotatable bonds is 2. The van der Waals surface area contributed by atoms with E-state index in [1.807, 2.05) is 0 Å². The Balaban J connectivity index is 2.72. The molecule has 0 aliphatic heterocycles. The molecule has 0 fully saturated rings. The van der Waals surface area contributed by atoms with Gasteiger partial charge in [-0.1, -0.05) is 0 Å². The van der Waals surface area contributed by atoms with E-state index in [0.717, 1.165) is 0 Å². The van der Waals surface area contributed by atoms with Crippen molar-refractivity contribution in [2.45, 2.75) is 13.8 Å². The first kappa shape index (κ1) is 11.3. The smallest absolute Gasteiger partial charge is 0.254 e. The summed E-state index contributed by atoms with van der Waals surface area (Å²) in [5.41, 5.74) is 1.53. The maximum Gasteiger partial charge on any atom is 0.254 e. The van der Waals surface area contributed by atoms with Crippen molar-refractivity contribution in [3.8, 4) is 17.1 Å². The Morgan fingerprint density at radius 1 is 1.29 bits per heavy atom. The minimum absolute atomic E-state index is 0.153. The quantitative estimate of drug-likeness (QED) is 0.849. The van der Waals surface area contributed by atoms with E-state index in [9.17, 15) is 4.79 Å². The lowest BCUT2D eigenvalue weighted by molar-refractivity contribution is 0.414. The predicted octanol–water partition coefficient (Wildman–Crippen LogP) is 1.46. The second-order valence-corrected chi connectivity index (χ2v) is 3.68. The summed E-state index contributed by atoms with van der Waals surface area (Å²) in [6, 6.07) is 3.57. The summed E-state index contributed by atoms with van der Waals surface area (Å²) in [7, 11) is 1.57. The van der Waals surface area contributed by atoms with E-state index >= 15 is 0 Å². The first-order valence-electron chi connectivity index (χ1n) is 5.20. The number of pyridine rings is 1. The molecule has 0 saturated heterocycles. The number of hydrogen-bond acceptors (Lipinski definition) is 4. The highest BCUT2D eigenvalue weighted by molar-refractivity contribution is 5.64. The number of aromatic nitrogens is 3. The molecule has 0 amide bonds. The fourth-order valence-electron chi connectivity index (χ4n) is 1.61. The fourth-order valence-corrected chi connectivity index (χ4v) is 1.61. The van der Waals surface area contributed by atoms with E-state index in [-0.39, 0.29) is 5.56 Å². The van der Waals surface area contributed by atoms with Crippen LogP contribution in [0.1, 0.15) is 11.4 Å². The van der Waals surface area contributed by atoms with Crippen LogP contribution in [0.5, 0.6) is 5.75 Å². The van der Waals surface area contributed by atoms with Crippen molar-refractivity contribution in [2.24, 2.45) is 0 Å². The maximum atomic E-state index is 11.7. The molecule has 0 saturated carbocycles. The summed E-state index contributed by atoms with van der Waals surface area (Å²) in [4.78, 5) is 22.9. The van der Waals surface area contributed by atoms with Crippen LogP contribution >= 0.6 is 0 Å². The second-order valence-electron chi connectivity index (χ2n) is 3.68. The van der Waals surface area contributed by atoms with Crippen LogP contribution in [-0.4, -0.2) is 22.1 Å². The topological polar surface area (TPSA) is 67.9 Å². The SMILES string of the molecule is COc1cccnc1-c1nc(C)[nH]c(=O)c1C. The van der Waals surface area contributed by atoms with Gasteiger partial charge in [0.15, 0.2) is 0 Å². The summed E-state index contributed by atoms with van der Waals surface area (Å²) in [5, 5.41) is 0. The fraction of sp³-hybridized carbons (Fsp3) is 0.250. The van der Waals surface area contributed by atoms with E-state index in [0.29, 0.717) is 28.5 Å². The molecule has 2 aromatic heterocycles. The normalized spacial score (nSPS) is 10.3. The van der Waals surface area contributed by atoms with Crippen LogP contribution in [0.15, 0.2) is 23.1 Å². The van der Waals surface area contributed by atoms with Gasteiger partial charge >= 0.3 is 0 Å². The summed E-state index contributed by atoms with van der Waals surface area (Å²) >= 11 is 0. The molecule has 0 unspecified atom stereocenters. The number of aromatic amines is 1. The zero-order valence-electron chi connectivity index (χ0n) is 9.94. The van der Waals surface area contributed by atoms with E-state index in [4.69, 9.17) is 4.74 Å². The molecule has 0 radical (unpaired) electrons. The number of methoxy groups -OCH3 is 1. The van der Waals surface area contributed by atoms with Gasteiger partial charge in [-0.3, -0.25) is 9.78 Å². The Morgan fingerprint density at radius 2 is 2.06 bits per heavy atom. The van der Waals surface area contributed by atoms with Crippen molar-refractivity contribution in [1.82, 2.24) is 15.0 Å². The Morgan fingerprint density at radius 3 is 2.76 bits per heavy atom. The highest BCUT2D eigenvalue weighted by atomic mass is 16.5. The summed E-state index contributed by atoms with van der Waals surface area (Å²) < 4.78 is 5.22. The van der Waals surface area contributed by atoms with Crippen LogP contribution in [-0.2, 0) is 0 Å². The lowest BCUT2D eigenvalue weighted by Crippen LogP contribution is -2.14. The molecule has 0 spiro atoms. The minimum Gasteiger partial charge on any atom is -0.494 e. The zero-order valence-corrected chi connectivity index (χ0v) is 9.94. The summed E-state index contributed by atoms with van der Waals surface area (Å²) in [5.74, 6) is 1.16. The zero-order chi connectivity index (χ0) is 12.4. The molecular formula is C12H13N3O2. The highest BCUT2D eigenvalue weighted by Crippen LogP contribution is 2.26. The summed E-state index contributed by atoms with van der Waals surface area (Å²) in [6.07, 6.45) is 1.65. The molecule has 0 aromatic carbocycles. The molecule has 0 atom stereocenters. The van der Waals surface area contributed by atoms with Gasteiger partial charge in [0.1, 0.15) is 23.0 Å². The molecule has 1 N–H and O–H groups in total. The molecule has 2 heterocycles. The van der Waals surface area contributed by atoms with Gasteiger partial charge in [-0.15, -0.1) is 0 Å². The average Bonchev–Trinajstić information content (AvgIpc) is 2.33. The van der Waals surface area contributed by atoms with Gasteiger partial charge in [0.2, 0.25) is 0 Å². The average molecular weight is 231 g/mol. The summed E-state index contributed by atoms with van der Waals surface area (Å²) in [6.45, 7) is 3.45. The van der Waals surface area contributed by atoms with Crippen LogP contribution in [0.2, 0.25) is 0 Å². The number of ether oxygens (including phenoxy) is 1. The Hall–Kier alpha value is -2.17. The third kappa shape index (κ3) is 2.04. The van der Waals surface area contributed by atoms with Gasteiger partial charge in [0.05, 0.1) is 7.11 Å². The van der Waals surface area contributed by atoms with Crippen LogP contribution in [0, 0.1) is 13.8 Å². The van der Waals surface area contributed by atoms with Gasteiger partial charge < -0.3 is 9.72 Å². The van der Waals surface area contributed by atoms with E-state index in [1.54, 1.807) is 39.3 Å². The van der Waals surface area contributed by atoms with E-state index < -0.39 is 0 Å². The van der Waals surface area contributed by atoms with Gasteiger partial charge in [-0.25, -0.2) is 4.98 Å². The molecule has 0 aliphatic rings. The van der Waals surface area contributed by atoms with Crippen molar-refractivity contribution in [2.75, 3.05) is 7.11 Å². The minimum atomic E-state index is -0.153. The lowest BCUT2D eigenvalue weighted by Gasteiger charge is -2.08. The first-order chi connectivity index (χ1) is 8.13. The molecule has 2 rings (SSSR count). The molecule has 0 bridgehead atoms. The molecular weight excluding hydrogens is 218 g/mol. The molecule has 2 aromatic rings. The molecule has 17 heavy (non-hydrogen) atoms. The van der Waals surface area contributed by atoms with Gasteiger partial charge in [-0.05, 0) is 26.0 Å². The molecule has 5 nitrogen and oxygen atoms in total. The van der Waals surface area contributed by atoms with Crippen molar-refractivity contribution in [3.05, 3.63) is 40.1 Å². The van der Waals surface area contributed by atoms with Crippen LogP contribution in [0.4, 0.5) is 0 Å². The monoisotopic (exact) mass is 231 g/mol. The van der Waals surface area contributed by atoms with Crippen LogP contribution in [0.3, 0.4) is 0 Å². The van der Waals surface area contributed by atoms with Gasteiger partial charge in [-0.2, -0.15) is 0 Å². The van der Waals surface area contributed by atoms with E-state index in [1.165, 1.54) is 0 Å². The Labute approximate surface area is 98.5 Å². The first-order valence-corrected chi connectivity index (χ1v) is 5.20. The number of nitrogens with one attached hydrogen (secondary N) is 1. The van der Waals surface area contributed by atoms with Crippen LogP contribution in [0.25, 0.3) is 11.4 Å². The van der Waals surface area contributed by atoms with Crippen molar-refractivity contribution in [1.29, 1.82) is 0 Å². The maximum absolute atomic E-state index is 11.7.